The summed E-state index contributed by atoms with van der Waals surface area (Å²) in [7, 11) is 3.49. The van der Waals surface area contributed by atoms with Crippen molar-refractivity contribution in [1.82, 2.24) is 9.88 Å². The Hall–Kier alpha value is -3.57. The molecule has 4 rings (SSSR count). The number of thiocarbonyl (C=S) groups is 1. The van der Waals surface area contributed by atoms with Crippen LogP contribution in [0.1, 0.15) is 67.0 Å². The molecule has 2 aliphatic carbocycles. The number of carbonyl (C=O) groups excluding carboxylic acids is 2. The number of allylic oxidation sites excluding steroid dienone is 4. The molecule has 2 aliphatic rings. The minimum Gasteiger partial charge on any atom is -0.349 e. The van der Waals surface area contributed by atoms with E-state index in [1.54, 1.807) is 31.1 Å². The summed E-state index contributed by atoms with van der Waals surface area (Å²) in [4.78, 5) is 31.6. The first-order chi connectivity index (χ1) is 17.9. The first-order valence-electron chi connectivity index (χ1n) is 12.6. The van der Waals surface area contributed by atoms with E-state index in [1.165, 1.54) is 12.3 Å². The van der Waals surface area contributed by atoms with Gasteiger partial charge in [-0.15, -0.1) is 0 Å². The Morgan fingerprint density at radius 3 is 2.42 bits per heavy atom. The van der Waals surface area contributed by atoms with Gasteiger partial charge in [0.05, 0.1) is 11.0 Å². The average molecular weight is 534 g/mol. The molecule has 1 spiro atoms. The molecule has 8 heteroatoms. The number of nitrogens with zero attached hydrogens (tertiary/aromatic N) is 3. The number of aromatic nitrogens is 1. The zero-order chi connectivity index (χ0) is 27.7. The zero-order valence-electron chi connectivity index (χ0n) is 21.7. The van der Waals surface area contributed by atoms with Crippen LogP contribution in [-0.4, -0.2) is 40.5 Å². The van der Waals surface area contributed by atoms with Crippen LogP contribution >= 0.6 is 12.2 Å². The Kier molecular flexibility index (Phi) is 7.70. The number of hydrogen-bond acceptors (Lipinski definition) is 5. The van der Waals surface area contributed by atoms with Crippen LogP contribution in [0.25, 0.3) is 11.1 Å². The molecular weight excluding hydrogens is 504 g/mol. The summed E-state index contributed by atoms with van der Waals surface area (Å²) in [5.74, 6) is -3.36. The summed E-state index contributed by atoms with van der Waals surface area (Å²) in [6.45, 7) is 0.708. The Labute approximate surface area is 226 Å². The van der Waals surface area contributed by atoms with Crippen LogP contribution in [0.2, 0.25) is 0 Å². The van der Waals surface area contributed by atoms with Crippen molar-refractivity contribution >= 4 is 39.9 Å². The van der Waals surface area contributed by atoms with E-state index in [0.29, 0.717) is 31.1 Å². The second-order valence-corrected chi connectivity index (χ2v) is 10.7. The van der Waals surface area contributed by atoms with Crippen LogP contribution in [0.4, 0.5) is 8.78 Å². The van der Waals surface area contributed by atoms with Crippen LogP contribution in [0.15, 0.2) is 48.7 Å². The maximum atomic E-state index is 14.3. The number of nitriles is 1. The van der Waals surface area contributed by atoms with Crippen molar-refractivity contribution in [3.8, 4) is 6.07 Å². The molecule has 5 nitrogen and oxygen atoms in total. The topological polar surface area (TPSA) is 74.1 Å². The van der Waals surface area contributed by atoms with Crippen LogP contribution in [-0.2, 0) is 21.9 Å². The van der Waals surface area contributed by atoms with Crippen molar-refractivity contribution in [2.24, 2.45) is 5.41 Å². The Balaban J connectivity index is 1.66. The van der Waals surface area contributed by atoms with Gasteiger partial charge in [0, 0.05) is 49.6 Å². The van der Waals surface area contributed by atoms with Crippen molar-refractivity contribution in [3.63, 3.8) is 0 Å². The normalized spacial score (nSPS) is 16.7. The predicted molar refractivity (Wildman–Crippen MR) is 146 cm³/mol. The average Bonchev–Trinajstić information content (AvgIpc) is 2.97. The lowest BCUT2D eigenvalue weighted by atomic mass is 9.63. The van der Waals surface area contributed by atoms with E-state index in [2.05, 4.69) is 4.98 Å². The molecule has 0 radical (unpaired) electrons. The lowest BCUT2D eigenvalue weighted by molar-refractivity contribution is -0.128. The Morgan fingerprint density at radius 2 is 1.87 bits per heavy atom. The molecule has 0 atom stereocenters. The number of alkyl halides is 2. The molecule has 1 amide bonds. The number of ketones is 1. The van der Waals surface area contributed by atoms with Crippen LogP contribution in [0.5, 0.6) is 0 Å². The highest BCUT2D eigenvalue weighted by molar-refractivity contribution is 7.81. The monoisotopic (exact) mass is 533 g/mol. The maximum absolute atomic E-state index is 14.3. The number of aryl methyl sites for hydroxylation is 1. The molecule has 38 heavy (non-hydrogen) atoms. The van der Waals surface area contributed by atoms with E-state index in [-0.39, 0.29) is 28.5 Å². The molecular formula is C30H29F2N3O2S. The maximum Gasteiger partial charge on any atom is 0.273 e. The number of benzene rings is 1. The number of pyridine rings is 1. The highest BCUT2D eigenvalue weighted by Gasteiger charge is 2.45. The number of rotatable bonds is 7. The lowest BCUT2D eigenvalue weighted by Crippen LogP contribution is -2.36. The number of amides is 1. The molecule has 2 aromatic rings. The summed E-state index contributed by atoms with van der Waals surface area (Å²) in [6.07, 6.45) is 9.00. The zero-order valence-corrected chi connectivity index (χ0v) is 22.5. The number of carbonyl (C=O) groups is 2. The fourth-order valence-electron chi connectivity index (χ4n) is 4.88. The van der Waals surface area contributed by atoms with Crippen LogP contribution in [0.3, 0.4) is 0 Å². The van der Waals surface area contributed by atoms with Gasteiger partial charge in [0.1, 0.15) is 11.8 Å². The summed E-state index contributed by atoms with van der Waals surface area (Å²) in [5.41, 5.74) is 1.58. The van der Waals surface area contributed by atoms with E-state index in [9.17, 15) is 23.6 Å². The Bertz CT molecular complexity index is 1390. The molecule has 0 aliphatic heterocycles. The molecule has 1 aromatic carbocycles. The summed E-state index contributed by atoms with van der Waals surface area (Å²) in [5, 5.41) is 9.25. The van der Waals surface area contributed by atoms with E-state index >= 15 is 0 Å². The van der Waals surface area contributed by atoms with Gasteiger partial charge in [0.15, 0.2) is 5.78 Å². The molecule has 196 valence electrons. The van der Waals surface area contributed by atoms with Crippen LogP contribution < -0.4 is 0 Å². The van der Waals surface area contributed by atoms with Gasteiger partial charge in [-0.1, -0.05) is 49.0 Å². The third-order valence-corrected chi connectivity index (χ3v) is 7.64. The van der Waals surface area contributed by atoms with Crippen molar-refractivity contribution in [3.05, 3.63) is 76.6 Å². The van der Waals surface area contributed by atoms with Gasteiger partial charge in [-0.2, -0.15) is 5.26 Å². The third-order valence-electron chi connectivity index (χ3n) is 7.30. The van der Waals surface area contributed by atoms with Gasteiger partial charge in [-0.3, -0.25) is 9.59 Å². The van der Waals surface area contributed by atoms with E-state index in [4.69, 9.17) is 12.2 Å². The minimum atomic E-state index is -3.29. The molecule has 0 saturated heterocycles. The van der Waals surface area contributed by atoms with Crippen molar-refractivity contribution in [1.29, 1.82) is 5.26 Å². The SMILES string of the molecule is CN(C)C(=O)CCCc1ccc(C2=CC3(CCC3)C(=O)C(c3cnc(C#N)c(C(C)(F)F)c3)=CC2=S)cc1. The molecule has 0 bridgehead atoms. The molecule has 0 unspecified atom stereocenters. The van der Waals surface area contributed by atoms with Gasteiger partial charge < -0.3 is 4.90 Å². The highest BCUT2D eigenvalue weighted by Crippen LogP contribution is 2.49. The minimum absolute atomic E-state index is 0.0980. The Morgan fingerprint density at radius 1 is 1.18 bits per heavy atom. The second kappa shape index (κ2) is 10.7. The first-order valence-corrected chi connectivity index (χ1v) is 13.0. The van der Waals surface area contributed by atoms with Gasteiger partial charge >= 0.3 is 0 Å². The molecule has 1 saturated carbocycles. The first kappa shape index (κ1) is 27.5. The summed E-state index contributed by atoms with van der Waals surface area (Å²) < 4.78 is 28.5. The van der Waals surface area contributed by atoms with Gasteiger partial charge in [-0.05, 0) is 54.5 Å². The van der Waals surface area contributed by atoms with Crippen molar-refractivity contribution in [2.75, 3.05) is 14.1 Å². The number of halogens is 2. The van der Waals surface area contributed by atoms with Crippen molar-refractivity contribution < 1.29 is 18.4 Å². The van der Waals surface area contributed by atoms with E-state index in [0.717, 1.165) is 36.0 Å². The largest absolute Gasteiger partial charge is 0.349 e. The fraction of sp³-hybridized carbons (Fsp3) is 0.367. The standard InChI is InChI=1S/C30H29F2N3O2S/c1-29(31,32)24-14-21(18-34-25(24)17-33)22-15-26(38)23(16-30(28(22)37)12-5-13-30)20-10-8-19(9-11-20)6-4-7-27(36)35(2)3/h8-11,14-16,18H,4-7,12-13H2,1-3H3. The highest BCUT2D eigenvalue weighted by atomic mass is 32.1. The van der Waals surface area contributed by atoms with Crippen molar-refractivity contribution in [2.45, 2.75) is 51.4 Å². The third kappa shape index (κ3) is 5.48. The number of hydrogen-bond donors (Lipinski definition) is 0. The molecule has 1 heterocycles. The molecule has 0 N–H and O–H groups in total. The van der Waals surface area contributed by atoms with Gasteiger partial charge in [0.2, 0.25) is 5.91 Å². The fourth-order valence-corrected chi connectivity index (χ4v) is 5.17. The van der Waals surface area contributed by atoms with Crippen LogP contribution in [0, 0.1) is 16.7 Å². The quantitative estimate of drug-likeness (QED) is 0.404. The molecule has 1 fully saturated rings. The van der Waals surface area contributed by atoms with Gasteiger partial charge in [-0.25, -0.2) is 13.8 Å². The molecule has 1 aromatic heterocycles. The lowest BCUT2D eigenvalue weighted by Gasteiger charge is -2.38. The second-order valence-electron chi connectivity index (χ2n) is 10.3. The smallest absolute Gasteiger partial charge is 0.273 e. The predicted octanol–water partition coefficient (Wildman–Crippen LogP) is 6.07. The van der Waals surface area contributed by atoms with E-state index < -0.39 is 16.9 Å². The van der Waals surface area contributed by atoms with Gasteiger partial charge in [0.25, 0.3) is 5.92 Å². The van der Waals surface area contributed by atoms with E-state index in [1.807, 2.05) is 30.3 Å². The summed E-state index contributed by atoms with van der Waals surface area (Å²) in [6, 6.07) is 10.8. The number of Topliss-reactive ketones (excluding diaryl/α,β-unsaturated/α-hetero) is 1. The summed E-state index contributed by atoms with van der Waals surface area (Å²) >= 11 is 5.75.